The largest absolute Gasteiger partial charge is 0.573 e. The molecular weight excluding hydrogens is 707 g/mol. The van der Waals surface area contributed by atoms with Gasteiger partial charge in [-0.2, -0.15) is 30.6 Å². The minimum Gasteiger partial charge on any atom is -0.405 e. The number of fused-ring (bicyclic) bond motifs is 2. The summed E-state index contributed by atoms with van der Waals surface area (Å²) in [5.74, 6) is -0.931. The predicted octanol–water partition coefficient (Wildman–Crippen LogP) is 12.3. The lowest BCUT2D eigenvalue weighted by Gasteiger charge is -2.15. The highest BCUT2D eigenvalue weighted by molar-refractivity contribution is 8.00. The Morgan fingerprint density at radius 2 is 1.20 bits per heavy atom. The number of aryl methyl sites for hydroxylation is 2. The fourth-order valence-corrected chi connectivity index (χ4v) is 8.75. The molecule has 4 heterocycles. The number of hydrogen-bond donors (Lipinski definition) is 0. The van der Waals surface area contributed by atoms with Crippen molar-refractivity contribution < 1.29 is 31.1 Å². The summed E-state index contributed by atoms with van der Waals surface area (Å²) in [5.41, 5.74) is 2.99. The predicted molar refractivity (Wildman–Crippen MR) is 175 cm³/mol. The fraction of sp³-hybridized carbons (Fsp3) is 0.133. The number of alkyl halides is 6. The summed E-state index contributed by atoms with van der Waals surface area (Å²) in [6, 6.07) is 17.2. The summed E-state index contributed by atoms with van der Waals surface area (Å²) < 4.78 is 101. The van der Waals surface area contributed by atoms with Crippen LogP contribution < -0.4 is 4.74 Å². The maximum Gasteiger partial charge on any atom is 0.573 e. The number of thiophene rings is 2. The monoisotopic (exact) mass is 722 g/mol. The number of halogens is 6. The van der Waals surface area contributed by atoms with Crippen molar-refractivity contribution in [2.24, 2.45) is 8.73 Å². The molecule has 0 amide bonds. The number of ether oxygens (including phenoxy) is 1. The molecule has 0 saturated heterocycles. The molecule has 234 valence electrons. The van der Waals surface area contributed by atoms with Crippen LogP contribution in [0.5, 0.6) is 5.75 Å². The average Bonchev–Trinajstić information content (AvgIpc) is 3.79. The van der Waals surface area contributed by atoms with Gasteiger partial charge >= 0.3 is 11.9 Å². The van der Waals surface area contributed by atoms with Gasteiger partial charge in [-0.25, -0.2) is 0 Å². The molecule has 5 nitrogen and oxygen atoms in total. The van der Waals surface area contributed by atoms with Crippen molar-refractivity contribution >= 4 is 79.9 Å². The standard InChI is InChI=1S/C30H16F6N4OS5/c1-13-3-4-15(11-14(13)2)18-7-9-21(42-18)23-25-27(39-45-37-25)24(28-26(23)38-46-40-28)22-10-8-19(43-22)16-5-6-20(44-30(34,35)36)17(12-16)41-29(31,32)33/h3-12H,1-2H3. The van der Waals surface area contributed by atoms with Gasteiger partial charge < -0.3 is 4.74 Å². The Bertz CT molecular complexity index is 2230. The van der Waals surface area contributed by atoms with Gasteiger partial charge in [0.05, 0.1) is 28.0 Å². The minimum atomic E-state index is -5.17. The molecule has 0 aliphatic carbocycles. The zero-order valence-corrected chi connectivity index (χ0v) is 27.4. The SMILES string of the molecule is Cc1ccc(-c2ccc(-c3c4c(c(-c5ccc(-c6ccc(SC(F)(F)F)c(OC(F)(F)F)c6)s5)c5nsnc35)N=S=N4)s2)cc1C. The van der Waals surface area contributed by atoms with Crippen LogP contribution in [0.1, 0.15) is 11.1 Å². The average molecular weight is 723 g/mol. The highest BCUT2D eigenvalue weighted by Crippen LogP contribution is 2.55. The molecule has 0 bridgehead atoms. The van der Waals surface area contributed by atoms with Gasteiger partial charge in [-0.15, -0.1) is 35.8 Å². The molecule has 0 atom stereocenters. The summed E-state index contributed by atoms with van der Waals surface area (Å²) in [5, 5.41) is 0. The highest BCUT2D eigenvalue weighted by Gasteiger charge is 2.36. The molecule has 0 N–H and O–H groups in total. The van der Waals surface area contributed by atoms with Crippen molar-refractivity contribution in [2.45, 2.75) is 30.6 Å². The van der Waals surface area contributed by atoms with E-state index in [1.165, 1.54) is 28.5 Å². The van der Waals surface area contributed by atoms with Gasteiger partial charge in [0.1, 0.15) is 28.2 Å². The van der Waals surface area contributed by atoms with Crippen LogP contribution in [0.4, 0.5) is 37.7 Å². The summed E-state index contributed by atoms with van der Waals surface area (Å²) in [6.45, 7) is 4.15. The van der Waals surface area contributed by atoms with E-state index in [0.717, 1.165) is 56.1 Å². The number of thioether (sulfide) groups is 1. The Morgan fingerprint density at radius 3 is 1.74 bits per heavy atom. The quantitative estimate of drug-likeness (QED) is 0.127. The first-order valence-electron chi connectivity index (χ1n) is 13.2. The van der Waals surface area contributed by atoms with Crippen LogP contribution in [0.25, 0.3) is 52.8 Å². The normalized spacial score (nSPS) is 13.0. The van der Waals surface area contributed by atoms with Crippen LogP contribution in [0.15, 0.2) is 74.3 Å². The molecule has 0 saturated carbocycles. The lowest BCUT2D eigenvalue weighted by atomic mass is 10.0. The van der Waals surface area contributed by atoms with Crippen molar-refractivity contribution in [2.75, 3.05) is 0 Å². The van der Waals surface area contributed by atoms with Crippen LogP contribution in [-0.2, 0) is 11.4 Å². The molecule has 0 radical (unpaired) electrons. The van der Waals surface area contributed by atoms with Crippen molar-refractivity contribution in [1.29, 1.82) is 0 Å². The van der Waals surface area contributed by atoms with Crippen molar-refractivity contribution in [3.63, 3.8) is 0 Å². The van der Waals surface area contributed by atoms with Gasteiger partial charge in [-0.1, -0.05) is 24.3 Å². The van der Waals surface area contributed by atoms with Gasteiger partial charge in [0, 0.05) is 30.6 Å². The molecule has 0 spiro atoms. The molecular formula is C30H16F6N4OS5. The number of nitrogens with zero attached hydrogens (tertiary/aromatic N) is 4. The summed E-state index contributed by atoms with van der Waals surface area (Å²) in [7, 11) is 0. The number of aromatic nitrogens is 2. The Hall–Kier alpha value is -3.57. The lowest BCUT2D eigenvalue weighted by molar-refractivity contribution is -0.275. The molecule has 3 aromatic carbocycles. The van der Waals surface area contributed by atoms with Crippen LogP contribution in [-0.4, -0.2) is 20.6 Å². The zero-order valence-electron chi connectivity index (χ0n) is 23.3. The molecule has 7 rings (SSSR count). The van der Waals surface area contributed by atoms with E-state index in [1.54, 1.807) is 23.5 Å². The molecule has 1 aliphatic rings. The second kappa shape index (κ2) is 11.6. The van der Waals surface area contributed by atoms with Crippen molar-refractivity contribution in [1.82, 2.24) is 8.75 Å². The first-order chi connectivity index (χ1) is 21.8. The molecule has 6 aromatic rings. The fourth-order valence-electron chi connectivity index (χ4n) is 4.95. The van der Waals surface area contributed by atoms with E-state index < -0.39 is 34.3 Å². The van der Waals surface area contributed by atoms with Gasteiger partial charge in [0.15, 0.2) is 0 Å². The first kappa shape index (κ1) is 31.1. The van der Waals surface area contributed by atoms with E-state index in [4.69, 9.17) is 0 Å². The molecule has 16 heteroatoms. The molecule has 46 heavy (non-hydrogen) atoms. The van der Waals surface area contributed by atoms with Gasteiger partial charge in [0.25, 0.3) is 0 Å². The van der Waals surface area contributed by atoms with Crippen molar-refractivity contribution in [3.8, 4) is 47.5 Å². The molecule has 1 aliphatic heterocycles. The zero-order chi connectivity index (χ0) is 32.4. The Labute approximate surface area is 277 Å². The third-order valence-electron chi connectivity index (χ3n) is 7.10. The second-order valence-electron chi connectivity index (χ2n) is 10.1. The molecule has 0 unspecified atom stereocenters. The number of rotatable bonds is 6. The van der Waals surface area contributed by atoms with Crippen LogP contribution >= 0.6 is 46.2 Å². The van der Waals surface area contributed by atoms with E-state index in [0.29, 0.717) is 37.7 Å². The van der Waals surface area contributed by atoms with E-state index in [9.17, 15) is 26.3 Å². The maximum atomic E-state index is 13.1. The summed E-state index contributed by atoms with van der Waals surface area (Å²) in [6.07, 6.45) is -5.17. The van der Waals surface area contributed by atoms with Crippen LogP contribution in [0.2, 0.25) is 0 Å². The highest BCUT2D eigenvalue weighted by atomic mass is 32.2. The van der Waals surface area contributed by atoms with E-state index in [-0.39, 0.29) is 5.56 Å². The van der Waals surface area contributed by atoms with Crippen molar-refractivity contribution in [3.05, 3.63) is 71.8 Å². The second-order valence-corrected chi connectivity index (χ2v) is 14.4. The number of hydrogen-bond acceptors (Lipinski definition) is 9. The minimum absolute atomic E-state index is 0.261. The van der Waals surface area contributed by atoms with E-state index in [1.807, 2.05) is 6.07 Å². The van der Waals surface area contributed by atoms with E-state index >= 15 is 0 Å². The first-order valence-corrected chi connectivity index (χ1v) is 17.1. The third-order valence-corrected chi connectivity index (χ3v) is 11.2. The summed E-state index contributed by atoms with van der Waals surface area (Å²) >= 11 is 4.28. The summed E-state index contributed by atoms with van der Waals surface area (Å²) in [4.78, 5) is 2.56. The molecule has 0 fully saturated rings. The maximum absolute atomic E-state index is 13.1. The smallest absolute Gasteiger partial charge is 0.405 e. The molecule has 3 aromatic heterocycles. The van der Waals surface area contributed by atoms with Crippen LogP contribution in [0, 0.1) is 13.8 Å². The topological polar surface area (TPSA) is 59.7 Å². The third kappa shape index (κ3) is 5.99. The van der Waals surface area contributed by atoms with E-state index in [2.05, 4.69) is 60.3 Å². The Morgan fingerprint density at radius 1 is 0.652 bits per heavy atom. The number of benzene rings is 3. The van der Waals surface area contributed by atoms with Gasteiger partial charge in [-0.3, -0.25) is 0 Å². The Kier molecular flexibility index (Phi) is 7.83. The van der Waals surface area contributed by atoms with Crippen LogP contribution in [0.3, 0.4) is 0 Å². The van der Waals surface area contributed by atoms with Gasteiger partial charge in [0.2, 0.25) is 0 Å². The van der Waals surface area contributed by atoms with Gasteiger partial charge in [-0.05, 0) is 84.3 Å². The lowest BCUT2D eigenvalue weighted by Crippen LogP contribution is -2.18. The Balaban J connectivity index is 1.30.